The summed E-state index contributed by atoms with van der Waals surface area (Å²) in [6.07, 6.45) is 1.38. The highest BCUT2D eigenvalue weighted by atomic mass is 32.2. The van der Waals surface area contributed by atoms with E-state index < -0.39 is 10.0 Å². The van der Waals surface area contributed by atoms with Crippen LogP contribution in [0.4, 0.5) is 0 Å². The van der Waals surface area contributed by atoms with Crippen molar-refractivity contribution in [2.24, 2.45) is 11.8 Å². The number of carbonyl (C=O) groups excluding carboxylic acids is 1. The molecule has 1 aromatic rings. The minimum atomic E-state index is -3.73. The van der Waals surface area contributed by atoms with Gasteiger partial charge in [-0.05, 0) is 42.4 Å². The first-order valence-corrected chi connectivity index (χ1v) is 11.1. The van der Waals surface area contributed by atoms with Crippen LogP contribution in [-0.2, 0) is 14.8 Å². The highest BCUT2D eigenvalue weighted by Gasteiger charge is 2.35. The number of methoxy groups -OCH3 is 1. The number of amides is 1. The molecule has 0 spiro atoms. The molecule has 152 valence electrons. The van der Waals surface area contributed by atoms with Gasteiger partial charge in [0.25, 0.3) is 0 Å². The van der Waals surface area contributed by atoms with E-state index in [4.69, 9.17) is 4.74 Å². The number of hydrogen-bond donors (Lipinski definition) is 1. The van der Waals surface area contributed by atoms with Gasteiger partial charge in [-0.15, -0.1) is 0 Å². The van der Waals surface area contributed by atoms with Crippen molar-refractivity contribution in [2.45, 2.75) is 51.3 Å². The Hall–Kier alpha value is -1.60. The molecule has 0 bridgehead atoms. The number of carbonyl (C=O) groups is 1. The van der Waals surface area contributed by atoms with Gasteiger partial charge in [-0.2, -0.15) is 4.31 Å². The molecule has 6 nitrogen and oxygen atoms in total. The lowest BCUT2D eigenvalue weighted by Crippen LogP contribution is -2.46. The Morgan fingerprint density at radius 1 is 1.30 bits per heavy atom. The number of piperidine rings is 1. The van der Waals surface area contributed by atoms with Gasteiger partial charge in [0.2, 0.25) is 15.9 Å². The average molecular weight is 397 g/mol. The van der Waals surface area contributed by atoms with Gasteiger partial charge in [0.05, 0.1) is 13.0 Å². The Balaban J connectivity index is 2.25. The normalized spacial score (nSPS) is 18.7. The molecule has 0 unspecified atom stereocenters. The lowest BCUT2D eigenvalue weighted by Gasteiger charge is -2.31. The second-order valence-electron chi connectivity index (χ2n) is 7.91. The largest absolute Gasteiger partial charge is 0.495 e. The van der Waals surface area contributed by atoms with E-state index in [1.54, 1.807) is 12.1 Å². The van der Waals surface area contributed by atoms with Gasteiger partial charge in [0.15, 0.2) is 0 Å². The summed E-state index contributed by atoms with van der Waals surface area (Å²) in [6.45, 7) is 9.35. The second kappa shape index (κ2) is 9.06. The molecule has 2 rings (SSSR count). The first-order chi connectivity index (χ1) is 12.7. The first-order valence-electron chi connectivity index (χ1n) is 9.62. The highest BCUT2D eigenvalue weighted by Crippen LogP contribution is 2.32. The zero-order chi connectivity index (χ0) is 20.2. The topological polar surface area (TPSA) is 75.7 Å². The number of sulfonamides is 1. The van der Waals surface area contributed by atoms with E-state index in [1.165, 1.54) is 11.4 Å². The number of nitrogens with zero attached hydrogens (tertiary/aromatic N) is 1. The summed E-state index contributed by atoms with van der Waals surface area (Å²) in [4.78, 5) is 12.6. The molecule has 0 saturated carbocycles. The SMILES string of the molecule is COc1ccc(C(C)C)cc1S(=O)(=O)N1CCC[C@H](C(=O)NCC(C)C)C1. The van der Waals surface area contributed by atoms with Gasteiger partial charge >= 0.3 is 0 Å². The molecule has 27 heavy (non-hydrogen) atoms. The lowest BCUT2D eigenvalue weighted by atomic mass is 9.98. The number of benzene rings is 1. The second-order valence-corrected chi connectivity index (χ2v) is 9.81. The maximum atomic E-state index is 13.3. The third-order valence-electron chi connectivity index (χ3n) is 4.91. The Bertz CT molecular complexity index is 759. The third-order valence-corrected chi connectivity index (χ3v) is 6.80. The van der Waals surface area contributed by atoms with Crippen LogP contribution in [0.5, 0.6) is 5.75 Å². The molecule has 1 heterocycles. The minimum absolute atomic E-state index is 0.0634. The molecule has 1 aliphatic heterocycles. The van der Waals surface area contributed by atoms with Crippen LogP contribution in [0.25, 0.3) is 0 Å². The maximum absolute atomic E-state index is 13.3. The molecule has 1 aliphatic rings. The molecule has 0 radical (unpaired) electrons. The van der Waals surface area contributed by atoms with Crippen LogP contribution < -0.4 is 10.1 Å². The molecule has 1 N–H and O–H groups in total. The van der Waals surface area contributed by atoms with E-state index in [0.717, 1.165) is 5.56 Å². The number of hydrogen-bond acceptors (Lipinski definition) is 4. The van der Waals surface area contributed by atoms with E-state index >= 15 is 0 Å². The van der Waals surface area contributed by atoms with E-state index in [2.05, 4.69) is 5.32 Å². The van der Waals surface area contributed by atoms with Crippen LogP contribution in [0.2, 0.25) is 0 Å². The maximum Gasteiger partial charge on any atom is 0.246 e. The fourth-order valence-corrected chi connectivity index (χ4v) is 4.93. The number of nitrogens with one attached hydrogen (secondary N) is 1. The van der Waals surface area contributed by atoms with Crippen molar-refractivity contribution in [3.8, 4) is 5.75 Å². The van der Waals surface area contributed by atoms with Crippen LogP contribution in [0.1, 0.15) is 52.0 Å². The first kappa shape index (κ1) is 21.7. The van der Waals surface area contributed by atoms with Crippen LogP contribution >= 0.6 is 0 Å². The Morgan fingerprint density at radius 3 is 2.59 bits per heavy atom. The molecule has 0 aliphatic carbocycles. The molecule has 1 saturated heterocycles. The number of rotatable bonds is 7. The summed E-state index contributed by atoms with van der Waals surface area (Å²) in [5.41, 5.74) is 0.942. The van der Waals surface area contributed by atoms with Gasteiger partial charge in [0.1, 0.15) is 10.6 Å². The Labute approximate surface area is 163 Å². The molecule has 1 fully saturated rings. The van der Waals surface area contributed by atoms with E-state index in [9.17, 15) is 13.2 Å². The molecule has 1 atom stereocenters. The fraction of sp³-hybridized carbons (Fsp3) is 0.650. The van der Waals surface area contributed by atoms with Gasteiger partial charge in [0, 0.05) is 19.6 Å². The standard InChI is InChI=1S/C20H32N2O4S/c1-14(2)12-21-20(23)17-7-6-10-22(13-17)27(24,25)19-11-16(15(3)4)8-9-18(19)26-5/h8-9,11,14-15,17H,6-7,10,12-13H2,1-5H3,(H,21,23)/t17-/m0/s1. The van der Waals surface area contributed by atoms with Crippen molar-refractivity contribution < 1.29 is 17.9 Å². The summed E-state index contributed by atoms with van der Waals surface area (Å²) in [6, 6.07) is 5.29. The van der Waals surface area contributed by atoms with Crippen LogP contribution in [-0.4, -0.2) is 45.4 Å². The van der Waals surface area contributed by atoms with Crippen molar-refractivity contribution in [2.75, 3.05) is 26.7 Å². The Kier molecular flexibility index (Phi) is 7.28. The van der Waals surface area contributed by atoms with Crippen LogP contribution in [0.3, 0.4) is 0 Å². The summed E-state index contributed by atoms with van der Waals surface area (Å²) >= 11 is 0. The molecule has 7 heteroatoms. The van der Waals surface area contributed by atoms with Crippen LogP contribution in [0, 0.1) is 11.8 Å². The molecule has 0 aromatic heterocycles. The van der Waals surface area contributed by atoms with Gasteiger partial charge in [-0.25, -0.2) is 8.42 Å². The average Bonchev–Trinajstić information content (AvgIpc) is 2.65. The summed E-state index contributed by atoms with van der Waals surface area (Å²) in [7, 11) is -2.26. The van der Waals surface area contributed by atoms with Crippen molar-refractivity contribution in [1.82, 2.24) is 9.62 Å². The predicted octanol–water partition coefficient (Wildman–Crippen LogP) is 2.99. The van der Waals surface area contributed by atoms with Gasteiger partial charge in [-0.1, -0.05) is 33.8 Å². The van der Waals surface area contributed by atoms with Crippen LogP contribution in [0.15, 0.2) is 23.1 Å². The van der Waals surface area contributed by atoms with E-state index in [0.29, 0.717) is 37.6 Å². The quantitative estimate of drug-likeness (QED) is 0.769. The van der Waals surface area contributed by atoms with E-state index in [-0.39, 0.29) is 29.2 Å². The van der Waals surface area contributed by atoms with Crippen molar-refractivity contribution in [1.29, 1.82) is 0 Å². The summed E-state index contributed by atoms with van der Waals surface area (Å²) < 4.78 is 33.3. The van der Waals surface area contributed by atoms with E-state index in [1.807, 2.05) is 33.8 Å². The molecular formula is C20H32N2O4S. The zero-order valence-corrected chi connectivity index (χ0v) is 17.8. The zero-order valence-electron chi connectivity index (χ0n) is 17.0. The van der Waals surface area contributed by atoms with Crippen molar-refractivity contribution in [3.05, 3.63) is 23.8 Å². The molecular weight excluding hydrogens is 364 g/mol. The minimum Gasteiger partial charge on any atom is -0.495 e. The smallest absolute Gasteiger partial charge is 0.246 e. The third kappa shape index (κ3) is 5.23. The van der Waals surface area contributed by atoms with Crippen molar-refractivity contribution >= 4 is 15.9 Å². The highest BCUT2D eigenvalue weighted by molar-refractivity contribution is 7.89. The summed E-state index contributed by atoms with van der Waals surface area (Å²) in [5.74, 6) is 0.532. The fourth-order valence-electron chi connectivity index (χ4n) is 3.22. The van der Waals surface area contributed by atoms with Gasteiger partial charge < -0.3 is 10.1 Å². The number of ether oxygens (including phenoxy) is 1. The monoisotopic (exact) mass is 396 g/mol. The predicted molar refractivity (Wildman–Crippen MR) is 106 cm³/mol. The summed E-state index contributed by atoms with van der Waals surface area (Å²) in [5, 5.41) is 2.93. The molecule has 1 amide bonds. The molecule has 1 aromatic carbocycles. The van der Waals surface area contributed by atoms with Gasteiger partial charge in [-0.3, -0.25) is 4.79 Å². The lowest BCUT2D eigenvalue weighted by molar-refractivity contribution is -0.126. The van der Waals surface area contributed by atoms with Crippen molar-refractivity contribution in [3.63, 3.8) is 0 Å². The Morgan fingerprint density at radius 2 is 2.00 bits per heavy atom.